The van der Waals surface area contributed by atoms with Crippen LogP contribution in [-0.4, -0.2) is 67.5 Å². The lowest BCUT2D eigenvalue weighted by Gasteiger charge is -2.37. The monoisotopic (exact) mass is 358 g/mol. The third-order valence-electron chi connectivity index (χ3n) is 4.82. The summed E-state index contributed by atoms with van der Waals surface area (Å²) in [6.07, 6.45) is 0. The second-order valence-electron chi connectivity index (χ2n) is 6.82. The Hall–Kier alpha value is -2.41. The lowest BCUT2D eigenvalue weighted by molar-refractivity contribution is -0.153. The van der Waals surface area contributed by atoms with Crippen LogP contribution in [0.25, 0.3) is 0 Å². The Morgan fingerprint density at radius 3 is 2.69 bits per heavy atom. The van der Waals surface area contributed by atoms with E-state index < -0.39 is 17.9 Å². The van der Waals surface area contributed by atoms with Crippen molar-refractivity contribution in [1.29, 1.82) is 0 Å². The predicted molar refractivity (Wildman–Crippen MR) is 98.7 cm³/mol. The third-order valence-corrected chi connectivity index (χ3v) is 4.82. The maximum Gasteiger partial charge on any atom is 0.321 e. The zero-order valence-electron chi connectivity index (χ0n) is 15.6. The molecule has 0 aromatic heterocycles. The molecule has 1 fully saturated rings. The number of benzene rings is 1. The van der Waals surface area contributed by atoms with Gasteiger partial charge in [0.15, 0.2) is 5.92 Å². The number of esters is 1. The van der Waals surface area contributed by atoms with E-state index in [9.17, 15) is 9.59 Å². The number of aliphatic imine (C=N–C) groups is 1. The molecule has 0 saturated carbocycles. The number of carbonyl (C=O) groups is 2. The topological polar surface area (TPSA) is 74.2 Å². The molecule has 26 heavy (non-hydrogen) atoms. The lowest BCUT2D eigenvalue weighted by Crippen LogP contribution is -2.56. The zero-order chi connectivity index (χ0) is 18.7. The van der Waals surface area contributed by atoms with Gasteiger partial charge < -0.3 is 14.5 Å². The van der Waals surface area contributed by atoms with E-state index in [-0.39, 0.29) is 12.5 Å². The zero-order valence-corrected chi connectivity index (χ0v) is 15.6. The largest absolute Gasteiger partial charge is 0.465 e. The Kier molecular flexibility index (Phi) is 5.56. The number of hydrogen-bond acceptors (Lipinski definition) is 6. The van der Waals surface area contributed by atoms with Crippen molar-refractivity contribution < 1.29 is 14.3 Å². The van der Waals surface area contributed by atoms with Crippen LogP contribution in [0.1, 0.15) is 24.1 Å². The van der Waals surface area contributed by atoms with Crippen LogP contribution in [0, 0.1) is 12.8 Å². The molecule has 2 aliphatic rings. The summed E-state index contributed by atoms with van der Waals surface area (Å²) in [5, 5.41) is 2.82. The molecule has 1 N–H and O–H groups in total. The third kappa shape index (κ3) is 3.88. The number of amides is 1. The lowest BCUT2D eigenvalue weighted by atomic mass is 9.90. The molecule has 0 spiro atoms. The van der Waals surface area contributed by atoms with Crippen molar-refractivity contribution in [3.63, 3.8) is 0 Å². The predicted octanol–water partition coefficient (Wildman–Crippen LogP) is 0.949. The standard InChI is InChI=1S/C19H26N4O3/c1-4-26-18(25)15-16(14-7-5-6-13(2)12-14)20-19(21-17(15)24)23-10-8-22(3)9-11-23/h5-7,12,15-16H,4,8-11H2,1-3H3,(H,20,21,24). The molecular weight excluding hydrogens is 332 g/mol. The maximum atomic E-state index is 12.8. The summed E-state index contributed by atoms with van der Waals surface area (Å²) in [5.41, 5.74) is 1.91. The summed E-state index contributed by atoms with van der Waals surface area (Å²) in [6, 6.07) is 7.22. The number of nitrogens with zero attached hydrogens (tertiary/aromatic N) is 3. The Labute approximate surface area is 154 Å². The molecule has 1 saturated heterocycles. The van der Waals surface area contributed by atoms with Gasteiger partial charge in [-0.05, 0) is 26.5 Å². The first-order valence-electron chi connectivity index (χ1n) is 9.05. The molecule has 140 valence electrons. The van der Waals surface area contributed by atoms with Crippen LogP contribution in [0.4, 0.5) is 0 Å². The minimum atomic E-state index is -0.965. The molecule has 2 unspecified atom stereocenters. The van der Waals surface area contributed by atoms with Crippen LogP contribution in [0.2, 0.25) is 0 Å². The van der Waals surface area contributed by atoms with Crippen LogP contribution in [0.5, 0.6) is 0 Å². The van der Waals surface area contributed by atoms with Gasteiger partial charge in [0.25, 0.3) is 0 Å². The Bertz CT molecular complexity index is 710. The van der Waals surface area contributed by atoms with Crippen LogP contribution < -0.4 is 5.32 Å². The van der Waals surface area contributed by atoms with E-state index in [4.69, 9.17) is 9.73 Å². The maximum absolute atomic E-state index is 12.8. The summed E-state index contributed by atoms with van der Waals surface area (Å²) < 4.78 is 5.14. The molecule has 0 radical (unpaired) electrons. The Morgan fingerprint density at radius 2 is 2.04 bits per heavy atom. The van der Waals surface area contributed by atoms with Gasteiger partial charge in [0.2, 0.25) is 11.9 Å². The summed E-state index contributed by atoms with van der Waals surface area (Å²) in [7, 11) is 2.07. The van der Waals surface area contributed by atoms with E-state index in [1.807, 2.05) is 31.2 Å². The number of guanidine groups is 1. The van der Waals surface area contributed by atoms with Gasteiger partial charge in [-0.25, -0.2) is 4.99 Å². The molecule has 0 aliphatic carbocycles. The van der Waals surface area contributed by atoms with Crippen molar-refractivity contribution >= 4 is 17.8 Å². The quantitative estimate of drug-likeness (QED) is 0.643. The number of rotatable bonds is 3. The molecule has 7 heteroatoms. The van der Waals surface area contributed by atoms with Crippen molar-refractivity contribution in [3.05, 3.63) is 35.4 Å². The highest BCUT2D eigenvalue weighted by molar-refractivity contribution is 6.08. The second-order valence-corrected chi connectivity index (χ2v) is 6.82. The van der Waals surface area contributed by atoms with Gasteiger partial charge in [-0.15, -0.1) is 0 Å². The van der Waals surface area contributed by atoms with Gasteiger partial charge in [-0.2, -0.15) is 0 Å². The van der Waals surface area contributed by atoms with Crippen molar-refractivity contribution in [2.24, 2.45) is 10.9 Å². The van der Waals surface area contributed by atoms with Crippen molar-refractivity contribution in [1.82, 2.24) is 15.1 Å². The number of likely N-dealkylation sites (N-methyl/N-ethyl adjacent to an activating group) is 1. The van der Waals surface area contributed by atoms with Gasteiger partial charge >= 0.3 is 5.97 Å². The van der Waals surface area contributed by atoms with E-state index in [1.54, 1.807) is 6.92 Å². The highest BCUT2D eigenvalue weighted by Crippen LogP contribution is 2.31. The average molecular weight is 358 g/mol. The van der Waals surface area contributed by atoms with Gasteiger partial charge in [-0.1, -0.05) is 29.8 Å². The second kappa shape index (κ2) is 7.86. The first-order chi connectivity index (χ1) is 12.5. The number of aryl methyl sites for hydroxylation is 1. The van der Waals surface area contributed by atoms with Crippen LogP contribution in [-0.2, 0) is 14.3 Å². The molecule has 2 atom stereocenters. The first-order valence-corrected chi connectivity index (χ1v) is 9.05. The van der Waals surface area contributed by atoms with Gasteiger partial charge in [0.1, 0.15) is 6.04 Å². The number of hydrogen-bond donors (Lipinski definition) is 1. The van der Waals surface area contributed by atoms with Gasteiger partial charge in [0, 0.05) is 26.2 Å². The normalized spacial score (nSPS) is 24.0. The molecule has 0 bridgehead atoms. The molecule has 1 amide bonds. The fourth-order valence-corrected chi connectivity index (χ4v) is 3.34. The van der Waals surface area contributed by atoms with Crippen LogP contribution in [0.3, 0.4) is 0 Å². The van der Waals surface area contributed by atoms with Gasteiger partial charge in [-0.3, -0.25) is 14.9 Å². The minimum Gasteiger partial charge on any atom is -0.465 e. The molecular formula is C19H26N4O3. The Morgan fingerprint density at radius 1 is 1.31 bits per heavy atom. The summed E-state index contributed by atoms with van der Waals surface area (Å²) >= 11 is 0. The molecule has 3 rings (SSSR count). The summed E-state index contributed by atoms with van der Waals surface area (Å²) in [4.78, 5) is 34.3. The van der Waals surface area contributed by atoms with Crippen LogP contribution in [0.15, 0.2) is 29.3 Å². The van der Waals surface area contributed by atoms with Gasteiger partial charge in [0.05, 0.1) is 6.61 Å². The fourth-order valence-electron chi connectivity index (χ4n) is 3.34. The molecule has 2 aliphatic heterocycles. The highest BCUT2D eigenvalue weighted by Gasteiger charge is 2.42. The van der Waals surface area contributed by atoms with E-state index in [0.717, 1.165) is 37.3 Å². The number of nitrogens with one attached hydrogen (secondary N) is 1. The summed E-state index contributed by atoms with van der Waals surface area (Å²) in [6.45, 7) is 7.35. The van der Waals surface area contributed by atoms with Crippen LogP contribution >= 0.6 is 0 Å². The number of carbonyl (C=O) groups excluding carboxylic acids is 2. The van der Waals surface area contributed by atoms with Crippen molar-refractivity contribution in [2.75, 3.05) is 39.8 Å². The Balaban J connectivity index is 1.95. The molecule has 2 heterocycles. The van der Waals surface area contributed by atoms with E-state index in [2.05, 4.69) is 22.2 Å². The van der Waals surface area contributed by atoms with Crippen molar-refractivity contribution in [3.8, 4) is 0 Å². The van der Waals surface area contributed by atoms with E-state index >= 15 is 0 Å². The minimum absolute atomic E-state index is 0.234. The summed E-state index contributed by atoms with van der Waals surface area (Å²) in [5.74, 6) is -1.29. The molecule has 7 nitrogen and oxygen atoms in total. The van der Waals surface area contributed by atoms with E-state index in [1.165, 1.54) is 0 Å². The average Bonchev–Trinajstić information content (AvgIpc) is 2.61. The van der Waals surface area contributed by atoms with E-state index in [0.29, 0.717) is 5.96 Å². The number of ether oxygens (including phenoxy) is 1. The molecule has 1 aromatic carbocycles. The smallest absolute Gasteiger partial charge is 0.321 e. The van der Waals surface area contributed by atoms with Crippen molar-refractivity contribution in [2.45, 2.75) is 19.9 Å². The SMILES string of the molecule is CCOC(=O)C1C(=O)NC(N2CCN(C)CC2)=NC1c1cccc(C)c1. The molecule has 1 aromatic rings. The first kappa shape index (κ1) is 18.4. The highest BCUT2D eigenvalue weighted by atomic mass is 16.5. The fraction of sp³-hybridized carbons (Fsp3) is 0.526. The number of piperazine rings is 1.